The summed E-state index contributed by atoms with van der Waals surface area (Å²) in [6, 6.07) is 1.77. The topological polar surface area (TPSA) is 69.6 Å². The van der Waals surface area contributed by atoms with E-state index in [0.29, 0.717) is 5.82 Å². The van der Waals surface area contributed by atoms with Crippen LogP contribution in [0, 0.1) is 0 Å². The number of rotatable bonds is 3. The van der Waals surface area contributed by atoms with Gasteiger partial charge in [-0.3, -0.25) is 4.68 Å². The van der Waals surface area contributed by atoms with E-state index in [0.717, 1.165) is 29.9 Å². The molecule has 2 N–H and O–H groups in total. The van der Waals surface area contributed by atoms with Gasteiger partial charge in [0.15, 0.2) is 0 Å². The lowest BCUT2D eigenvalue weighted by Gasteiger charge is -2.02. The number of anilines is 1. The van der Waals surface area contributed by atoms with E-state index < -0.39 is 0 Å². The lowest BCUT2D eigenvalue weighted by Crippen LogP contribution is -2.00. The van der Waals surface area contributed by atoms with Crippen molar-refractivity contribution in [1.29, 1.82) is 0 Å². The van der Waals surface area contributed by atoms with E-state index in [9.17, 15) is 0 Å². The highest BCUT2D eigenvalue weighted by molar-refractivity contribution is 5.60. The molecule has 0 bridgehead atoms. The van der Waals surface area contributed by atoms with Crippen LogP contribution in [0.25, 0.3) is 11.3 Å². The van der Waals surface area contributed by atoms with Gasteiger partial charge < -0.3 is 5.73 Å². The van der Waals surface area contributed by atoms with Crippen molar-refractivity contribution in [2.75, 3.05) is 5.73 Å². The Morgan fingerprint density at radius 3 is 2.81 bits per heavy atom. The van der Waals surface area contributed by atoms with Gasteiger partial charge in [0.25, 0.3) is 0 Å². The Morgan fingerprint density at radius 1 is 1.38 bits per heavy atom. The number of aromatic nitrogens is 4. The van der Waals surface area contributed by atoms with E-state index in [1.807, 2.05) is 13.2 Å². The second kappa shape index (κ2) is 4.30. The van der Waals surface area contributed by atoms with Crippen LogP contribution in [0.3, 0.4) is 0 Å². The summed E-state index contributed by atoms with van der Waals surface area (Å²) >= 11 is 0. The number of nitrogens with two attached hydrogens (primary N) is 1. The van der Waals surface area contributed by atoms with Crippen molar-refractivity contribution in [3.8, 4) is 11.3 Å². The van der Waals surface area contributed by atoms with Crippen molar-refractivity contribution >= 4 is 5.82 Å². The number of aryl methyl sites for hydroxylation is 2. The fourth-order valence-electron chi connectivity index (χ4n) is 1.55. The minimum atomic E-state index is 0.511. The molecule has 0 aliphatic carbocycles. The van der Waals surface area contributed by atoms with Crippen LogP contribution in [0.4, 0.5) is 5.82 Å². The largest absolute Gasteiger partial charge is 0.384 e. The SMILES string of the molecule is CCCc1nc(N)cc(-c2cnn(C)c2)n1. The molecule has 0 atom stereocenters. The zero-order chi connectivity index (χ0) is 11.5. The third-order valence-corrected chi connectivity index (χ3v) is 2.27. The van der Waals surface area contributed by atoms with E-state index in [4.69, 9.17) is 5.73 Å². The summed E-state index contributed by atoms with van der Waals surface area (Å²) in [4.78, 5) is 8.66. The van der Waals surface area contributed by atoms with Crippen molar-refractivity contribution in [1.82, 2.24) is 19.7 Å². The summed E-state index contributed by atoms with van der Waals surface area (Å²) in [5, 5.41) is 4.11. The minimum Gasteiger partial charge on any atom is -0.384 e. The van der Waals surface area contributed by atoms with E-state index in [-0.39, 0.29) is 0 Å². The van der Waals surface area contributed by atoms with Crippen LogP contribution in [0.15, 0.2) is 18.5 Å². The normalized spacial score (nSPS) is 10.6. The van der Waals surface area contributed by atoms with Crippen molar-refractivity contribution in [3.63, 3.8) is 0 Å². The molecular weight excluding hydrogens is 202 g/mol. The molecule has 5 heteroatoms. The van der Waals surface area contributed by atoms with Gasteiger partial charge in [0, 0.05) is 31.3 Å². The molecule has 0 fully saturated rings. The summed E-state index contributed by atoms with van der Waals surface area (Å²) < 4.78 is 1.74. The highest BCUT2D eigenvalue weighted by Crippen LogP contribution is 2.18. The van der Waals surface area contributed by atoms with Crippen LogP contribution >= 0.6 is 0 Å². The molecule has 0 saturated carbocycles. The average molecular weight is 217 g/mol. The maximum atomic E-state index is 5.76. The third kappa shape index (κ3) is 2.18. The molecule has 2 aromatic rings. The lowest BCUT2D eigenvalue weighted by molar-refractivity contribution is 0.768. The Morgan fingerprint density at radius 2 is 2.19 bits per heavy atom. The standard InChI is InChI=1S/C11H15N5/c1-3-4-11-14-9(5-10(12)15-11)8-6-13-16(2)7-8/h5-7H,3-4H2,1-2H3,(H2,12,14,15). The maximum absolute atomic E-state index is 5.76. The first-order valence-electron chi connectivity index (χ1n) is 5.31. The van der Waals surface area contributed by atoms with Crippen molar-refractivity contribution in [2.45, 2.75) is 19.8 Å². The van der Waals surface area contributed by atoms with E-state index >= 15 is 0 Å². The van der Waals surface area contributed by atoms with E-state index in [2.05, 4.69) is 22.0 Å². The summed E-state index contributed by atoms with van der Waals surface area (Å²) in [7, 11) is 1.88. The van der Waals surface area contributed by atoms with Crippen LogP contribution in [0.1, 0.15) is 19.2 Å². The number of nitrogens with zero attached hydrogens (tertiary/aromatic N) is 4. The number of hydrogen-bond donors (Lipinski definition) is 1. The molecule has 0 aliphatic heterocycles. The third-order valence-electron chi connectivity index (χ3n) is 2.27. The molecule has 0 amide bonds. The fourth-order valence-corrected chi connectivity index (χ4v) is 1.55. The first-order valence-corrected chi connectivity index (χ1v) is 5.31. The van der Waals surface area contributed by atoms with Gasteiger partial charge in [-0.15, -0.1) is 0 Å². The maximum Gasteiger partial charge on any atom is 0.131 e. The van der Waals surface area contributed by atoms with Gasteiger partial charge in [-0.25, -0.2) is 9.97 Å². The van der Waals surface area contributed by atoms with Crippen LogP contribution in [-0.4, -0.2) is 19.7 Å². The highest BCUT2D eigenvalue weighted by atomic mass is 15.2. The zero-order valence-corrected chi connectivity index (χ0v) is 9.51. The van der Waals surface area contributed by atoms with Gasteiger partial charge in [0.2, 0.25) is 0 Å². The molecular formula is C11H15N5. The van der Waals surface area contributed by atoms with Gasteiger partial charge in [0.05, 0.1) is 11.9 Å². The second-order valence-corrected chi connectivity index (χ2v) is 3.75. The van der Waals surface area contributed by atoms with Gasteiger partial charge in [-0.1, -0.05) is 6.92 Å². The summed E-state index contributed by atoms with van der Waals surface area (Å²) in [6.45, 7) is 2.09. The molecule has 5 nitrogen and oxygen atoms in total. The predicted octanol–water partition coefficient (Wildman–Crippen LogP) is 1.41. The molecule has 0 unspecified atom stereocenters. The first kappa shape index (κ1) is 10.6. The second-order valence-electron chi connectivity index (χ2n) is 3.75. The Balaban J connectivity index is 2.40. The first-order chi connectivity index (χ1) is 7.69. The van der Waals surface area contributed by atoms with Gasteiger partial charge in [0.1, 0.15) is 11.6 Å². The lowest BCUT2D eigenvalue weighted by atomic mass is 10.2. The molecule has 84 valence electrons. The van der Waals surface area contributed by atoms with Gasteiger partial charge in [-0.2, -0.15) is 5.10 Å². The van der Waals surface area contributed by atoms with E-state index in [1.165, 1.54) is 0 Å². The molecule has 0 aromatic carbocycles. The Labute approximate surface area is 94.3 Å². The van der Waals surface area contributed by atoms with Crippen molar-refractivity contribution < 1.29 is 0 Å². The number of hydrogen-bond acceptors (Lipinski definition) is 4. The van der Waals surface area contributed by atoms with E-state index in [1.54, 1.807) is 16.9 Å². The molecule has 0 aliphatic rings. The monoisotopic (exact) mass is 217 g/mol. The van der Waals surface area contributed by atoms with Crippen LogP contribution in [0.2, 0.25) is 0 Å². The molecule has 2 aromatic heterocycles. The van der Waals surface area contributed by atoms with Crippen LogP contribution < -0.4 is 5.73 Å². The summed E-state index contributed by atoms with van der Waals surface area (Å²) in [6.07, 6.45) is 5.54. The molecule has 0 radical (unpaired) electrons. The number of nitrogen functional groups attached to an aromatic ring is 1. The smallest absolute Gasteiger partial charge is 0.131 e. The molecule has 2 rings (SSSR count). The zero-order valence-electron chi connectivity index (χ0n) is 9.51. The molecule has 0 spiro atoms. The average Bonchev–Trinajstić information content (AvgIpc) is 2.64. The summed E-state index contributed by atoms with van der Waals surface area (Å²) in [5.74, 6) is 1.30. The van der Waals surface area contributed by atoms with Crippen LogP contribution in [0.5, 0.6) is 0 Å². The molecule has 0 saturated heterocycles. The Hall–Kier alpha value is -1.91. The predicted molar refractivity (Wildman–Crippen MR) is 62.6 cm³/mol. The Bertz CT molecular complexity index is 489. The summed E-state index contributed by atoms with van der Waals surface area (Å²) in [5.41, 5.74) is 7.56. The Kier molecular flexibility index (Phi) is 2.85. The molecule has 2 heterocycles. The van der Waals surface area contributed by atoms with Gasteiger partial charge >= 0.3 is 0 Å². The highest BCUT2D eigenvalue weighted by Gasteiger charge is 2.06. The fraction of sp³-hybridized carbons (Fsp3) is 0.364. The van der Waals surface area contributed by atoms with Crippen molar-refractivity contribution in [2.24, 2.45) is 7.05 Å². The van der Waals surface area contributed by atoms with Crippen LogP contribution in [-0.2, 0) is 13.5 Å². The quantitative estimate of drug-likeness (QED) is 0.844. The van der Waals surface area contributed by atoms with Gasteiger partial charge in [-0.05, 0) is 6.42 Å². The van der Waals surface area contributed by atoms with Crippen molar-refractivity contribution in [3.05, 3.63) is 24.3 Å². The minimum absolute atomic E-state index is 0.511. The molecule has 16 heavy (non-hydrogen) atoms.